The third kappa shape index (κ3) is 3.54. The summed E-state index contributed by atoms with van der Waals surface area (Å²) in [5, 5.41) is 8.72. The number of anilines is 1. The van der Waals surface area contributed by atoms with Crippen LogP contribution < -0.4 is 4.90 Å². The minimum Gasteiger partial charge on any atom is -0.315 e. The zero-order valence-electron chi connectivity index (χ0n) is 11.0. The summed E-state index contributed by atoms with van der Waals surface area (Å²) in [6, 6.07) is 9.62. The van der Waals surface area contributed by atoms with Gasteiger partial charge in [-0.25, -0.2) is 0 Å². The maximum absolute atomic E-state index is 12.3. The molecule has 1 atom stereocenters. The molecule has 1 aromatic heterocycles. The maximum Gasteiger partial charge on any atom is 0.240 e. The van der Waals surface area contributed by atoms with Crippen molar-refractivity contribution in [2.45, 2.75) is 23.4 Å². The molecule has 1 amide bonds. The molecule has 0 saturated heterocycles. The van der Waals surface area contributed by atoms with E-state index in [1.54, 1.807) is 11.9 Å². The molecule has 19 heavy (non-hydrogen) atoms. The Bertz CT molecular complexity index is 556. The van der Waals surface area contributed by atoms with Gasteiger partial charge in [0.05, 0.1) is 5.25 Å². The molecular weight excluding hydrogens is 278 g/mol. The van der Waals surface area contributed by atoms with Crippen LogP contribution in [-0.4, -0.2) is 28.4 Å². The van der Waals surface area contributed by atoms with Gasteiger partial charge in [0.2, 0.25) is 5.91 Å². The molecule has 0 aliphatic carbocycles. The van der Waals surface area contributed by atoms with Crippen molar-refractivity contribution < 1.29 is 4.79 Å². The molecule has 0 aliphatic rings. The molecule has 1 heterocycles. The number of hydrogen-bond acceptors (Lipinski definition) is 5. The molecule has 0 N–H and O–H groups in total. The topological polar surface area (TPSA) is 46.1 Å². The molecule has 100 valence electrons. The van der Waals surface area contributed by atoms with Gasteiger partial charge in [-0.1, -0.05) is 41.3 Å². The Hall–Kier alpha value is -1.40. The van der Waals surface area contributed by atoms with Crippen LogP contribution >= 0.6 is 23.1 Å². The molecular formula is C13H15N3OS2. The lowest BCUT2D eigenvalue weighted by Gasteiger charge is -2.20. The molecule has 0 saturated carbocycles. The first-order chi connectivity index (χ1) is 9.08. The summed E-state index contributed by atoms with van der Waals surface area (Å²) in [5.74, 6) is 0.0593. The van der Waals surface area contributed by atoms with Gasteiger partial charge in [0.15, 0.2) is 4.34 Å². The van der Waals surface area contributed by atoms with Gasteiger partial charge in [-0.2, -0.15) is 0 Å². The normalized spacial score (nSPS) is 12.2. The van der Waals surface area contributed by atoms with E-state index in [-0.39, 0.29) is 11.2 Å². The second-order valence-corrected chi connectivity index (χ2v) is 6.85. The summed E-state index contributed by atoms with van der Waals surface area (Å²) in [6.45, 7) is 3.80. The summed E-state index contributed by atoms with van der Waals surface area (Å²) in [7, 11) is 1.79. The van der Waals surface area contributed by atoms with Crippen LogP contribution in [0.1, 0.15) is 11.9 Å². The Morgan fingerprint density at radius 1 is 1.32 bits per heavy atom. The van der Waals surface area contributed by atoms with Gasteiger partial charge in [-0.05, 0) is 26.0 Å². The van der Waals surface area contributed by atoms with Gasteiger partial charge in [-0.3, -0.25) is 4.79 Å². The van der Waals surface area contributed by atoms with Gasteiger partial charge in [-0.15, -0.1) is 10.2 Å². The Morgan fingerprint density at radius 2 is 2.00 bits per heavy atom. The average molecular weight is 293 g/mol. The molecule has 0 fully saturated rings. The summed E-state index contributed by atoms with van der Waals surface area (Å²) in [6.07, 6.45) is 0. The Morgan fingerprint density at radius 3 is 2.58 bits per heavy atom. The number of carbonyl (C=O) groups is 1. The largest absolute Gasteiger partial charge is 0.315 e. The Balaban J connectivity index is 2.03. The van der Waals surface area contributed by atoms with Crippen LogP contribution in [0.5, 0.6) is 0 Å². The minimum atomic E-state index is -0.183. The second kappa shape index (κ2) is 6.16. The number of hydrogen-bond donors (Lipinski definition) is 0. The first kappa shape index (κ1) is 14.0. The van der Waals surface area contributed by atoms with E-state index in [4.69, 9.17) is 0 Å². The molecule has 0 unspecified atom stereocenters. The third-order valence-electron chi connectivity index (χ3n) is 2.61. The van der Waals surface area contributed by atoms with E-state index in [0.29, 0.717) is 0 Å². The molecule has 0 bridgehead atoms. The number of amides is 1. The first-order valence-corrected chi connectivity index (χ1v) is 7.57. The van der Waals surface area contributed by atoms with Crippen LogP contribution in [0.4, 0.5) is 5.69 Å². The third-order valence-corrected chi connectivity index (χ3v) is 4.62. The number of aryl methyl sites for hydroxylation is 1. The summed E-state index contributed by atoms with van der Waals surface area (Å²) >= 11 is 2.96. The number of rotatable bonds is 4. The lowest BCUT2D eigenvalue weighted by atomic mass is 10.3. The lowest BCUT2D eigenvalue weighted by Crippen LogP contribution is -2.33. The lowest BCUT2D eigenvalue weighted by molar-refractivity contribution is -0.117. The van der Waals surface area contributed by atoms with Crippen molar-refractivity contribution in [2.75, 3.05) is 11.9 Å². The van der Waals surface area contributed by atoms with Crippen LogP contribution in [0.25, 0.3) is 0 Å². The molecule has 2 aromatic rings. The van der Waals surface area contributed by atoms with Gasteiger partial charge in [0, 0.05) is 12.7 Å². The van der Waals surface area contributed by atoms with E-state index in [2.05, 4.69) is 10.2 Å². The zero-order chi connectivity index (χ0) is 13.8. The Kier molecular flexibility index (Phi) is 4.55. The van der Waals surface area contributed by atoms with E-state index < -0.39 is 0 Å². The van der Waals surface area contributed by atoms with Crippen molar-refractivity contribution >= 4 is 34.7 Å². The van der Waals surface area contributed by atoms with Gasteiger partial charge in [0.1, 0.15) is 5.01 Å². The predicted molar refractivity (Wildman–Crippen MR) is 79.8 cm³/mol. The van der Waals surface area contributed by atoms with Crippen molar-refractivity contribution in [2.24, 2.45) is 0 Å². The molecule has 1 aromatic carbocycles. The maximum atomic E-state index is 12.3. The fourth-order valence-electron chi connectivity index (χ4n) is 1.58. The van der Waals surface area contributed by atoms with Crippen molar-refractivity contribution in [1.29, 1.82) is 0 Å². The number of thioether (sulfide) groups is 1. The molecule has 0 aliphatic heterocycles. The zero-order valence-corrected chi connectivity index (χ0v) is 12.7. The van der Waals surface area contributed by atoms with E-state index in [1.807, 2.05) is 44.2 Å². The summed E-state index contributed by atoms with van der Waals surface area (Å²) in [5.41, 5.74) is 0.897. The highest BCUT2D eigenvalue weighted by Gasteiger charge is 2.21. The SMILES string of the molecule is Cc1nnc(S[C@H](C)C(=O)N(C)c2ccccc2)s1. The number of aromatic nitrogens is 2. The highest BCUT2D eigenvalue weighted by Crippen LogP contribution is 2.27. The van der Waals surface area contributed by atoms with E-state index in [0.717, 1.165) is 15.0 Å². The summed E-state index contributed by atoms with van der Waals surface area (Å²) in [4.78, 5) is 14.0. The van der Waals surface area contributed by atoms with Crippen LogP contribution in [0, 0.1) is 6.92 Å². The van der Waals surface area contributed by atoms with Crippen molar-refractivity contribution in [1.82, 2.24) is 10.2 Å². The Labute approximate surface area is 120 Å². The molecule has 0 spiro atoms. The van der Waals surface area contributed by atoms with Crippen LogP contribution in [0.3, 0.4) is 0 Å². The predicted octanol–water partition coefficient (Wildman–Crippen LogP) is 2.99. The molecule has 2 rings (SSSR count). The highest BCUT2D eigenvalue weighted by molar-refractivity contribution is 8.02. The van der Waals surface area contributed by atoms with E-state index in [9.17, 15) is 4.79 Å². The highest BCUT2D eigenvalue weighted by atomic mass is 32.2. The molecule has 6 heteroatoms. The van der Waals surface area contributed by atoms with Crippen molar-refractivity contribution in [3.8, 4) is 0 Å². The van der Waals surface area contributed by atoms with Crippen molar-refractivity contribution in [3.05, 3.63) is 35.3 Å². The first-order valence-electron chi connectivity index (χ1n) is 5.87. The quantitative estimate of drug-likeness (QED) is 0.813. The van der Waals surface area contributed by atoms with Crippen LogP contribution in [-0.2, 0) is 4.79 Å². The van der Waals surface area contributed by atoms with Gasteiger partial charge >= 0.3 is 0 Å². The minimum absolute atomic E-state index is 0.0593. The van der Waals surface area contributed by atoms with Crippen molar-refractivity contribution in [3.63, 3.8) is 0 Å². The number of carbonyl (C=O) groups excluding carboxylic acids is 1. The second-order valence-electron chi connectivity index (χ2n) is 4.08. The van der Waals surface area contributed by atoms with Gasteiger partial charge < -0.3 is 4.90 Å². The number of para-hydroxylation sites is 1. The monoisotopic (exact) mass is 293 g/mol. The van der Waals surface area contributed by atoms with E-state index >= 15 is 0 Å². The average Bonchev–Trinajstić information content (AvgIpc) is 2.83. The standard InChI is InChI=1S/C13H15N3OS2/c1-9(18-13-15-14-10(2)19-13)12(17)16(3)11-7-5-4-6-8-11/h4-9H,1-3H3/t9-/m1/s1. The van der Waals surface area contributed by atoms with Gasteiger partial charge in [0.25, 0.3) is 0 Å². The van der Waals surface area contributed by atoms with E-state index in [1.165, 1.54) is 23.1 Å². The fraction of sp³-hybridized carbons (Fsp3) is 0.308. The van der Waals surface area contributed by atoms with Crippen LogP contribution in [0.15, 0.2) is 34.7 Å². The number of benzene rings is 1. The molecule has 4 nitrogen and oxygen atoms in total. The van der Waals surface area contributed by atoms with Crippen LogP contribution in [0.2, 0.25) is 0 Å². The molecule has 0 radical (unpaired) electrons. The number of nitrogens with zero attached hydrogens (tertiary/aromatic N) is 3. The fourth-order valence-corrected chi connectivity index (χ4v) is 3.63. The smallest absolute Gasteiger partial charge is 0.240 e. The summed E-state index contributed by atoms with van der Waals surface area (Å²) < 4.78 is 0.833.